The van der Waals surface area contributed by atoms with Gasteiger partial charge in [-0.05, 0) is 61.1 Å². The number of hydrogen-bond donors (Lipinski definition) is 0. The first-order valence-corrected chi connectivity index (χ1v) is 14.4. The number of benzene rings is 2. The number of unbranched alkanes of at least 4 members (excludes halogenated alkanes) is 10. The van der Waals surface area contributed by atoms with Crippen LogP contribution >= 0.6 is 7.82 Å². The van der Waals surface area contributed by atoms with Gasteiger partial charge in [-0.1, -0.05) is 102 Å². The molecule has 0 aliphatic heterocycles. The van der Waals surface area contributed by atoms with Gasteiger partial charge >= 0.3 is 45.6 Å². The second kappa shape index (κ2) is 18.7. The average Bonchev–Trinajstić information content (AvgIpc) is 2.80. The van der Waals surface area contributed by atoms with Crippen LogP contribution in [0.1, 0.15) is 102 Å². The zero-order valence-electron chi connectivity index (χ0n) is 21.3. The summed E-state index contributed by atoms with van der Waals surface area (Å²) in [5.74, 6) is 0.555. The first-order chi connectivity index (χ1) is 16.0. The minimum absolute atomic E-state index is 0. The van der Waals surface area contributed by atoms with E-state index >= 15 is 0 Å². The Bertz CT molecular complexity index is 743. The smallest absolute Gasteiger partial charge is 0.736 e. The Morgan fingerprint density at radius 2 is 0.912 bits per heavy atom. The summed E-state index contributed by atoms with van der Waals surface area (Å²) in [5.41, 5.74) is 2.39. The van der Waals surface area contributed by atoms with E-state index in [1.54, 1.807) is 24.3 Å². The van der Waals surface area contributed by atoms with Gasteiger partial charge in [-0.25, -0.2) is 4.57 Å². The molecule has 0 fully saturated rings. The first kappa shape index (κ1) is 31.5. The number of phosphoric ester groups is 1. The second-order valence-corrected chi connectivity index (χ2v) is 10.2. The van der Waals surface area contributed by atoms with Gasteiger partial charge in [-0.15, -0.1) is 0 Å². The molecular weight excluding hydrogens is 471 g/mol. The molecule has 0 aromatic heterocycles. The van der Waals surface area contributed by atoms with Gasteiger partial charge in [0.1, 0.15) is 11.5 Å². The number of phosphoric acid groups is 1. The molecule has 0 amide bonds. The zero-order valence-corrected chi connectivity index (χ0v) is 24.4. The van der Waals surface area contributed by atoms with Gasteiger partial charge in [-0.2, -0.15) is 0 Å². The van der Waals surface area contributed by atoms with Crippen LogP contribution < -0.4 is 13.9 Å². The van der Waals surface area contributed by atoms with Crippen LogP contribution in [0.25, 0.3) is 0 Å². The normalized spacial score (nSPS) is 11.1. The maximum Gasteiger partial charge on any atom is 1.00 e. The van der Waals surface area contributed by atoms with Crippen LogP contribution in [0, 0.1) is 0 Å². The molecule has 2 aromatic rings. The van der Waals surface area contributed by atoms with Crippen molar-refractivity contribution in [3.8, 4) is 11.5 Å². The van der Waals surface area contributed by atoms with Crippen molar-refractivity contribution in [2.75, 3.05) is 0 Å². The monoisotopic (exact) mass is 513 g/mol. The first-order valence-electron chi connectivity index (χ1n) is 12.9. The van der Waals surface area contributed by atoms with Crippen LogP contribution in [0.5, 0.6) is 11.5 Å². The molecule has 2 aromatic carbocycles. The molecule has 0 saturated carbocycles. The largest absolute Gasteiger partial charge is 1.00 e. The maximum atomic E-state index is 12.3. The summed E-state index contributed by atoms with van der Waals surface area (Å²) >= 11 is 0. The van der Waals surface area contributed by atoms with Gasteiger partial charge in [0.2, 0.25) is 0 Å². The van der Waals surface area contributed by atoms with Crippen LogP contribution in [0.15, 0.2) is 48.5 Å². The molecule has 0 atom stereocenters. The summed E-state index contributed by atoms with van der Waals surface area (Å²) in [6.07, 6.45) is 17.1. The van der Waals surface area contributed by atoms with Gasteiger partial charge in [0, 0.05) is 0 Å². The number of hydrogen-bond acceptors (Lipinski definition) is 4. The van der Waals surface area contributed by atoms with Crippen molar-refractivity contribution in [1.82, 2.24) is 0 Å². The Labute approximate surface area is 237 Å². The Kier molecular flexibility index (Phi) is 17.4. The van der Waals surface area contributed by atoms with Crippen molar-refractivity contribution in [2.24, 2.45) is 0 Å². The number of aryl methyl sites for hydroxylation is 2. The second-order valence-electron chi connectivity index (χ2n) is 8.95. The minimum atomic E-state index is -4.49. The third kappa shape index (κ3) is 14.1. The molecule has 34 heavy (non-hydrogen) atoms. The molecule has 6 heteroatoms. The van der Waals surface area contributed by atoms with Crippen molar-refractivity contribution < 1.29 is 18.5 Å². The van der Waals surface area contributed by atoms with E-state index in [2.05, 4.69) is 13.8 Å². The van der Waals surface area contributed by atoms with E-state index in [0.29, 0.717) is 0 Å². The molecule has 0 bridgehead atoms. The van der Waals surface area contributed by atoms with E-state index in [9.17, 15) is 9.46 Å². The van der Waals surface area contributed by atoms with Gasteiger partial charge in [0.15, 0.2) is 0 Å². The summed E-state index contributed by atoms with van der Waals surface area (Å²) in [6.45, 7) is 4.45. The van der Waals surface area contributed by atoms with E-state index in [-0.39, 0.29) is 49.2 Å². The quantitative estimate of drug-likeness (QED) is 0.115. The van der Waals surface area contributed by atoms with E-state index in [1.807, 2.05) is 24.3 Å². The third-order valence-corrected chi connectivity index (χ3v) is 6.79. The Morgan fingerprint density at radius 3 is 1.26 bits per heavy atom. The average molecular weight is 514 g/mol. The van der Waals surface area contributed by atoms with Crippen molar-refractivity contribution >= 4 is 45.6 Å². The third-order valence-electron chi connectivity index (χ3n) is 5.92. The SMILES string of the molecule is CCCCCCCCc1ccc(OP(=O)([O-])Oc2ccc(CCCCCCCC)cc2)cc1.[Ca+]. The van der Waals surface area contributed by atoms with Crippen LogP contribution in [0.2, 0.25) is 0 Å². The molecule has 0 N–H and O–H groups in total. The molecule has 0 heterocycles. The van der Waals surface area contributed by atoms with Crippen LogP contribution in [-0.4, -0.2) is 37.7 Å². The van der Waals surface area contributed by atoms with Crippen LogP contribution in [-0.2, 0) is 17.4 Å². The zero-order chi connectivity index (χ0) is 23.8. The van der Waals surface area contributed by atoms with E-state index in [4.69, 9.17) is 9.05 Å². The minimum Gasteiger partial charge on any atom is -0.736 e. The van der Waals surface area contributed by atoms with Gasteiger partial charge in [-0.3, -0.25) is 0 Å². The van der Waals surface area contributed by atoms with E-state index in [1.165, 1.54) is 75.3 Å². The Hall–Kier alpha value is -0.510. The van der Waals surface area contributed by atoms with Crippen molar-refractivity contribution in [3.63, 3.8) is 0 Å². The number of rotatable bonds is 18. The summed E-state index contributed by atoms with van der Waals surface area (Å²) in [7, 11) is -4.49. The van der Waals surface area contributed by atoms with Crippen LogP contribution in [0.4, 0.5) is 0 Å². The van der Waals surface area contributed by atoms with Gasteiger partial charge in [0.25, 0.3) is 0 Å². The molecule has 0 unspecified atom stereocenters. The molecule has 4 nitrogen and oxygen atoms in total. The standard InChI is InChI=1S/C28H43O4P.Ca/c1-3-5-7-9-11-13-15-25-17-21-27(22-18-25)31-33(29,30)32-28-23-19-26(20-24-28)16-14-12-10-8-6-4-2;/h17-24H,3-16H2,1-2H3,(H,29,30);/q;+1/p-1. The predicted octanol–water partition coefficient (Wildman–Crippen LogP) is 8.04. The summed E-state index contributed by atoms with van der Waals surface area (Å²) in [6, 6.07) is 14.5. The summed E-state index contributed by atoms with van der Waals surface area (Å²) in [4.78, 5) is 12.3. The molecule has 185 valence electrons. The molecular formula is C28H42CaO4P. The van der Waals surface area contributed by atoms with E-state index < -0.39 is 7.82 Å². The fourth-order valence-electron chi connectivity index (χ4n) is 3.93. The van der Waals surface area contributed by atoms with Gasteiger partial charge < -0.3 is 13.9 Å². The molecule has 0 saturated heterocycles. The molecule has 1 radical (unpaired) electrons. The fraction of sp³-hybridized carbons (Fsp3) is 0.571. The Morgan fingerprint density at radius 1 is 0.588 bits per heavy atom. The van der Waals surface area contributed by atoms with Crippen molar-refractivity contribution in [1.29, 1.82) is 0 Å². The molecule has 0 spiro atoms. The fourth-order valence-corrected chi connectivity index (χ4v) is 4.73. The molecule has 0 aliphatic rings. The Balaban J connectivity index is 0.00000578. The molecule has 2 rings (SSSR count). The van der Waals surface area contributed by atoms with Crippen molar-refractivity contribution in [2.45, 2.75) is 104 Å². The van der Waals surface area contributed by atoms with Crippen molar-refractivity contribution in [3.05, 3.63) is 59.7 Å². The predicted molar refractivity (Wildman–Crippen MR) is 142 cm³/mol. The van der Waals surface area contributed by atoms with E-state index in [0.717, 1.165) is 25.7 Å². The summed E-state index contributed by atoms with van der Waals surface area (Å²) < 4.78 is 22.6. The van der Waals surface area contributed by atoms with Crippen LogP contribution in [0.3, 0.4) is 0 Å². The van der Waals surface area contributed by atoms with Gasteiger partial charge in [0.05, 0.1) is 0 Å². The topological polar surface area (TPSA) is 58.6 Å². The molecule has 0 aliphatic carbocycles. The summed E-state index contributed by atoms with van der Waals surface area (Å²) in [5, 5.41) is 0. The maximum absolute atomic E-state index is 12.3.